The average Bonchev–Trinajstić information content (AvgIpc) is 3.54. The van der Waals surface area contributed by atoms with Gasteiger partial charge in [0, 0.05) is 38.4 Å². The Morgan fingerprint density at radius 1 is 0.390 bits per heavy atom. The predicted molar refractivity (Wildman–Crippen MR) is 165 cm³/mol. The highest BCUT2D eigenvalue weighted by Gasteiger charge is 2.16. The van der Waals surface area contributed by atoms with Crippen molar-refractivity contribution < 1.29 is 0 Å². The van der Waals surface area contributed by atoms with Gasteiger partial charge in [-0.2, -0.15) is 8.75 Å². The lowest BCUT2D eigenvalue weighted by molar-refractivity contribution is 1.07. The van der Waals surface area contributed by atoms with Crippen LogP contribution in [0.3, 0.4) is 0 Å². The highest BCUT2D eigenvalue weighted by molar-refractivity contribution is 7.00. The van der Waals surface area contributed by atoms with E-state index in [1.807, 2.05) is 84.9 Å². The van der Waals surface area contributed by atoms with Crippen LogP contribution in [0, 0.1) is 0 Å². The molecule has 0 radical (unpaired) electrons. The van der Waals surface area contributed by atoms with E-state index in [0.717, 1.165) is 60.7 Å². The number of benzene rings is 5. The summed E-state index contributed by atoms with van der Waals surface area (Å²) in [5.41, 5.74) is 7.45. The van der Waals surface area contributed by atoms with Gasteiger partial charge in [0.15, 0.2) is 17.5 Å². The van der Waals surface area contributed by atoms with Crippen LogP contribution < -0.4 is 0 Å². The van der Waals surface area contributed by atoms with Crippen molar-refractivity contribution in [2.75, 3.05) is 0 Å². The fourth-order valence-electron chi connectivity index (χ4n) is 5.22. The van der Waals surface area contributed by atoms with Gasteiger partial charge in [-0.1, -0.05) is 103 Å². The second-order valence-electron chi connectivity index (χ2n) is 9.71. The SMILES string of the molecule is c1ccc(-c2nc(-c3ccccc3)nc(-c3ccc(-c4nc5ccccc5c5c4ccc4nsnc45)cc3)n2)cc1. The van der Waals surface area contributed by atoms with E-state index >= 15 is 0 Å². The molecule has 0 N–H and O–H groups in total. The van der Waals surface area contributed by atoms with Crippen LogP contribution in [-0.4, -0.2) is 28.7 Å². The summed E-state index contributed by atoms with van der Waals surface area (Å²) in [6.07, 6.45) is 0. The summed E-state index contributed by atoms with van der Waals surface area (Å²) >= 11 is 1.24. The van der Waals surface area contributed by atoms with E-state index in [-0.39, 0.29) is 0 Å². The first kappa shape index (κ1) is 23.5. The molecule has 0 fully saturated rings. The summed E-state index contributed by atoms with van der Waals surface area (Å²) < 4.78 is 9.10. The number of fused-ring (bicyclic) bond motifs is 5. The largest absolute Gasteiger partial charge is 0.247 e. The lowest BCUT2D eigenvalue weighted by Gasteiger charge is -2.11. The van der Waals surface area contributed by atoms with Crippen molar-refractivity contribution in [1.29, 1.82) is 0 Å². The van der Waals surface area contributed by atoms with Gasteiger partial charge < -0.3 is 0 Å². The van der Waals surface area contributed by atoms with Gasteiger partial charge in [0.05, 0.1) is 22.9 Å². The third-order valence-electron chi connectivity index (χ3n) is 7.20. The van der Waals surface area contributed by atoms with E-state index in [4.69, 9.17) is 19.9 Å². The number of aromatic nitrogens is 6. The lowest BCUT2D eigenvalue weighted by atomic mass is 9.98. The van der Waals surface area contributed by atoms with E-state index in [1.165, 1.54) is 11.7 Å². The van der Waals surface area contributed by atoms with Crippen molar-refractivity contribution in [2.45, 2.75) is 0 Å². The van der Waals surface area contributed by atoms with Crippen LogP contribution in [-0.2, 0) is 0 Å². The molecule has 3 aromatic heterocycles. The van der Waals surface area contributed by atoms with Crippen LogP contribution in [0.25, 0.3) is 78.1 Å². The molecule has 0 aliphatic heterocycles. The van der Waals surface area contributed by atoms with Crippen molar-refractivity contribution in [2.24, 2.45) is 0 Å². The molecule has 5 aromatic carbocycles. The molecule has 8 aromatic rings. The number of para-hydroxylation sites is 1. The fourth-order valence-corrected chi connectivity index (χ4v) is 5.76. The standard InChI is InChI=1S/C34H20N6S/c1-3-9-22(10-4-1)32-36-33(23-11-5-2-6-12-23)38-34(37-32)24-17-15-21(16-18-24)30-26-19-20-28-31(40-41-39-28)29(26)25-13-7-8-14-27(25)35-30/h1-20H. The molecule has 192 valence electrons. The van der Waals surface area contributed by atoms with Gasteiger partial charge in [0.2, 0.25) is 0 Å². The molecule has 7 heteroatoms. The van der Waals surface area contributed by atoms with Gasteiger partial charge in [-0.3, -0.25) is 0 Å². The van der Waals surface area contributed by atoms with Crippen LogP contribution in [0.2, 0.25) is 0 Å². The number of hydrogen-bond acceptors (Lipinski definition) is 7. The van der Waals surface area contributed by atoms with Crippen LogP contribution in [0.15, 0.2) is 121 Å². The van der Waals surface area contributed by atoms with E-state index in [1.54, 1.807) is 0 Å². The molecule has 0 aliphatic carbocycles. The molecule has 6 nitrogen and oxygen atoms in total. The summed E-state index contributed by atoms with van der Waals surface area (Å²) in [5.74, 6) is 1.90. The minimum absolute atomic E-state index is 0.621. The van der Waals surface area contributed by atoms with Gasteiger partial charge in [0.25, 0.3) is 0 Å². The Kier molecular flexibility index (Phi) is 5.53. The van der Waals surface area contributed by atoms with Gasteiger partial charge in [-0.15, -0.1) is 0 Å². The number of rotatable bonds is 4. The molecule has 0 saturated carbocycles. The molecular weight excluding hydrogens is 524 g/mol. The average molecular weight is 545 g/mol. The maximum atomic E-state index is 5.09. The van der Waals surface area contributed by atoms with Crippen LogP contribution in [0.4, 0.5) is 0 Å². The monoisotopic (exact) mass is 544 g/mol. The Morgan fingerprint density at radius 3 is 1.61 bits per heavy atom. The van der Waals surface area contributed by atoms with E-state index < -0.39 is 0 Å². The zero-order valence-corrected chi connectivity index (χ0v) is 22.5. The summed E-state index contributed by atoms with van der Waals surface area (Å²) in [7, 11) is 0. The van der Waals surface area contributed by atoms with E-state index in [0.29, 0.717) is 17.5 Å². The number of pyridine rings is 1. The smallest absolute Gasteiger partial charge is 0.164 e. The van der Waals surface area contributed by atoms with Gasteiger partial charge in [0.1, 0.15) is 11.0 Å². The van der Waals surface area contributed by atoms with E-state index in [9.17, 15) is 0 Å². The maximum Gasteiger partial charge on any atom is 0.164 e. The molecule has 0 saturated heterocycles. The quantitative estimate of drug-likeness (QED) is 0.208. The molecule has 8 rings (SSSR count). The van der Waals surface area contributed by atoms with Crippen molar-refractivity contribution >= 4 is 44.4 Å². The highest BCUT2D eigenvalue weighted by atomic mass is 32.1. The first-order valence-corrected chi connectivity index (χ1v) is 14.0. The van der Waals surface area contributed by atoms with Crippen LogP contribution in [0.5, 0.6) is 0 Å². The predicted octanol–water partition coefficient (Wildman–Crippen LogP) is 8.25. The van der Waals surface area contributed by atoms with Crippen molar-refractivity contribution in [3.63, 3.8) is 0 Å². The number of nitrogens with zero attached hydrogens (tertiary/aromatic N) is 6. The molecule has 0 unspecified atom stereocenters. The minimum atomic E-state index is 0.621. The molecule has 0 bridgehead atoms. The molecule has 3 heterocycles. The Balaban J connectivity index is 1.28. The fraction of sp³-hybridized carbons (Fsp3) is 0. The summed E-state index contributed by atoms with van der Waals surface area (Å²) in [5, 5.41) is 3.21. The van der Waals surface area contributed by atoms with Gasteiger partial charge in [-0.25, -0.2) is 19.9 Å². The number of hydrogen-bond donors (Lipinski definition) is 0. The van der Waals surface area contributed by atoms with E-state index in [2.05, 4.69) is 45.1 Å². The second kappa shape index (κ2) is 9.66. The molecular formula is C34H20N6S. The van der Waals surface area contributed by atoms with Crippen molar-refractivity contribution in [3.8, 4) is 45.4 Å². The first-order valence-electron chi connectivity index (χ1n) is 13.2. The molecule has 0 spiro atoms. The molecule has 0 aliphatic rings. The van der Waals surface area contributed by atoms with Gasteiger partial charge in [-0.05, 0) is 18.2 Å². The van der Waals surface area contributed by atoms with Crippen LogP contribution in [0.1, 0.15) is 0 Å². The molecule has 0 amide bonds. The lowest BCUT2D eigenvalue weighted by Crippen LogP contribution is -2.00. The zero-order chi connectivity index (χ0) is 27.2. The van der Waals surface area contributed by atoms with Crippen molar-refractivity contribution in [1.82, 2.24) is 28.7 Å². The Morgan fingerprint density at radius 2 is 0.951 bits per heavy atom. The first-order chi connectivity index (χ1) is 20.3. The Bertz CT molecular complexity index is 2140. The normalized spacial score (nSPS) is 11.4. The Hall–Kier alpha value is -5.40. The molecule has 41 heavy (non-hydrogen) atoms. The summed E-state index contributed by atoms with van der Waals surface area (Å²) in [4.78, 5) is 19.6. The van der Waals surface area contributed by atoms with Crippen molar-refractivity contribution in [3.05, 3.63) is 121 Å². The van der Waals surface area contributed by atoms with Crippen LogP contribution >= 0.6 is 11.7 Å². The topological polar surface area (TPSA) is 77.3 Å². The van der Waals surface area contributed by atoms with Gasteiger partial charge >= 0.3 is 0 Å². The molecule has 0 atom stereocenters. The summed E-state index contributed by atoms with van der Waals surface area (Å²) in [6, 6.07) is 40.6. The summed E-state index contributed by atoms with van der Waals surface area (Å²) in [6.45, 7) is 0. The second-order valence-corrected chi connectivity index (χ2v) is 10.2. The third kappa shape index (κ3) is 4.11. The zero-order valence-electron chi connectivity index (χ0n) is 21.6. The minimum Gasteiger partial charge on any atom is -0.247 e. The maximum absolute atomic E-state index is 5.09. The third-order valence-corrected chi connectivity index (χ3v) is 7.75. The Labute approximate surface area is 239 Å². The highest BCUT2D eigenvalue weighted by Crippen LogP contribution is 2.37.